The topological polar surface area (TPSA) is 77.4 Å². The van der Waals surface area contributed by atoms with Crippen molar-refractivity contribution < 1.29 is 0 Å². The molecule has 0 unspecified atom stereocenters. The van der Waals surface area contributed by atoms with Gasteiger partial charge in [0.2, 0.25) is 0 Å². The highest BCUT2D eigenvalue weighted by molar-refractivity contribution is 5.97. The van der Waals surface area contributed by atoms with Crippen molar-refractivity contribution in [3.05, 3.63) is 54.1 Å². The monoisotopic (exact) mass is 249 g/mol. The molecule has 19 heavy (non-hydrogen) atoms. The van der Waals surface area contributed by atoms with Gasteiger partial charge in [-0.15, -0.1) is 0 Å². The van der Waals surface area contributed by atoms with Crippen molar-refractivity contribution in [1.82, 2.24) is 15.2 Å². The van der Waals surface area contributed by atoms with Gasteiger partial charge in [0.15, 0.2) is 0 Å². The summed E-state index contributed by atoms with van der Waals surface area (Å²) in [4.78, 5) is 4.06. The first kappa shape index (κ1) is 11.2. The lowest BCUT2D eigenvalue weighted by atomic mass is 10.0. The number of anilines is 1. The zero-order valence-corrected chi connectivity index (χ0v) is 10.1. The van der Waals surface area contributed by atoms with Crippen molar-refractivity contribution in [3.8, 4) is 6.07 Å². The van der Waals surface area contributed by atoms with E-state index in [1.807, 2.05) is 36.4 Å². The molecule has 3 rings (SSSR count). The number of hydrogen-bond donors (Lipinski definition) is 2. The molecule has 0 saturated carbocycles. The van der Waals surface area contributed by atoms with Gasteiger partial charge in [-0.05, 0) is 12.1 Å². The first-order chi connectivity index (χ1) is 9.38. The second-order valence-electron chi connectivity index (χ2n) is 4.10. The van der Waals surface area contributed by atoms with Gasteiger partial charge >= 0.3 is 0 Å². The minimum absolute atomic E-state index is 0.565. The molecule has 1 aromatic heterocycles. The van der Waals surface area contributed by atoms with E-state index >= 15 is 0 Å². The fraction of sp³-hybridized carbons (Fsp3) is 0.0714. The maximum atomic E-state index is 9.11. The summed E-state index contributed by atoms with van der Waals surface area (Å²) < 4.78 is 0. The largest absolute Gasteiger partial charge is 0.377 e. The Hall–Kier alpha value is -2.87. The number of benzene rings is 2. The van der Waals surface area contributed by atoms with Gasteiger partial charge in [0.1, 0.15) is 12.2 Å². The number of aromatic amines is 1. The minimum atomic E-state index is 0.565. The van der Waals surface area contributed by atoms with Crippen LogP contribution in [-0.4, -0.2) is 15.2 Å². The molecule has 5 nitrogen and oxygen atoms in total. The summed E-state index contributed by atoms with van der Waals surface area (Å²) in [6, 6.07) is 13.8. The molecule has 92 valence electrons. The number of nitriles is 1. The standard InChI is InChI=1S/C14H11N5/c15-7-10-5-6-13(12-4-2-1-3-11(10)12)16-8-14-17-9-18-19-14/h1-6,9,16H,8H2,(H,17,18,19). The van der Waals surface area contributed by atoms with Crippen molar-refractivity contribution >= 4 is 16.5 Å². The minimum Gasteiger partial charge on any atom is -0.377 e. The van der Waals surface area contributed by atoms with Crippen LogP contribution >= 0.6 is 0 Å². The third-order valence-electron chi connectivity index (χ3n) is 2.96. The summed E-state index contributed by atoms with van der Waals surface area (Å²) in [5.41, 5.74) is 1.66. The van der Waals surface area contributed by atoms with E-state index in [0.717, 1.165) is 22.3 Å². The van der Waals surface area contributed by atoms with Gasteiger partial charge in [-0.25, -0.2) is 4.98 Å². The number of nitrogens with one attached hydrogen (secondary N) is 2. The molecule has 0 saturated heterocycles. The van der Waals surface area contributed by atoms with Gasteiger partial charge in [0.05, 0.1) is 18.2 Å². The van der Waals surface area contributed by atoms with Gasteiger partial charge in [-0.2, -0.15) is 10.4 Å². The predicted octanol–water partition coefficient (Wildman–Crippen LogP) is 2.44. The Morgan fingerprint density at radius 2 is 2.00 bits per heavy atom. The van der Waals surface area contributed by atoms with Gasteiger partial charge in [-0.1, -0.05) is 24.3 Å². The van der Waals surface area contributed by atoms with Crippen LogP contribution in [-0.2, 0) is 6.54 Å². The summed E-state index contributed by atoms with van der Waals surface area (Å²) in [6.45, 7) is 0.565. The molecule has 0 aliphatic heterocycles. The first-order valence-electron chi connectivity index (χ1n) is 5.88. The smallest absolute Gasteiger partial charge is 0.143 e. The van der Waals surface area contributed by atoms with Crippen LogP contribution in [0.4, 0.5) is 5.69 Å². The van der Waals surface area contributed by atoms with Gasteiger partial charge in [0.25, 0.3) is 0 Å². The second-order valence-corrected chi connectivity index (χ2v) is 4.10. The Morgan fingerprint density at radius 3 is 2.74 bits per heavy atom. The maximum absolute atomic E-state index is 9.11. The van der Waals surface area contributed by atoms with Crippen LogP contribution in [0.1, 0.15) is 11.4 Å². The van der Waals surface area contributed by atoms with Gasteiger partial charge < -0.3 is 5.32 Å². The molecule has 0 atom stereocenters. The van der Waals surface area contributed by atoms with Crippen molar-refractivity contribution in [2.24, 2.45) is 0 Å². The van der Waals surface area contributed by atoms with E-state index in [2.05, 4.69) is 26.6 Å². The Balaban J connectivity index is 1.98. The highest BCUT2D eigenvalue weighted by Gasteiger charge is 2.05. The van der Waals surface area contributed by atoms with E-state index in [9.17, 15) is 0 Å². The third kappa shape index (κ3) is 2.11. The zero-order chi connectivity index (χ0) is 13.1. The number of nitrogens with zero attached hydrogens (tertiary/aromatic N) is 3. The normalized spacial score (nSPS) is 10.3. The van der Waals surface area contributed by atoms with Crippen LogP contribution < -0.4 is 5.32 Å². The van der Waals surface area contributed by atoms with Crippen LogP contribution in [0.25, 0.3) is 10.8 Å². The van der Waals surface area contributed by atoms with E-state index in [-0.39, 0.29) is 0 Å². The average Bonchev–Trinajstić information content (AvgIpc) is 2.98. The highest BCUT2D eigenvalue weighted by atomic mass is 15.2. The Morgan fingerprint density at radius 1 is 1.16 bits per heavy atom. The predicted molar refractivity (Wildman–Crippen MR) is 72.4 cm³/mol. The molecule has 0 aliphatic carbocycles. The van der Waals surface area contributed by atoms with Crippen LogP contribution in [0.15, 0.2) is 42.7 Å². The second kappa shape index (κ2) is 4.78. The van der Waals surface area contributed by atoms with Gasteiger partial charge in [0, 0.05) is 16.5 Å². The number of H-pyrrole nitrogens is 1. The summed E-state index contributed by atoms with van der Waals surface area (Å²) in [5.74, 6) is 0.772. The van der Waals surface area contributed by atoms with Crippen LogP contribution in [0.2, 0.25) is 0 Å². The molecule has 0 amide bonds. The summed E-state index contributed by atoms with van der Waals surface area (Å²) in [6.07, 6.45) is 1.48. The molecule has 5 heteroatoms. The van der Waals surface area contributed by atoms with Crippen molar-refractivity contribution in [2.75, 3.05) is 5.32 Å². The third-order valence-corrected chi connectivity index (χ3v) is 2.96. The lowest BCUT2D eigenvalue weighted by Gasteiger charge is -2.09. The molecular weight excluding hydrogens is 238 g/mol. The molecule has 0 spiro atoms. The summed E-state index contributed by atoms with van der Waals surface area (Å²) in [5, 5.41) is 21.0. The summed E-state index contributed by atoms with van der Waals surface area (Å²) >= 11 is 0. The van der Waals surface area contributed by atoms with Gasteiger partial charge in [-0.3, -0.25) is 5.10 Å². The van der Waals surface area contributed by atoms with E-state index in [1.54, 1.807) is 0 Å². The molecule has 1 heterocycles. The highest BCUT2D eigenvalue weighted by Crippen LogP contribution is 2.26. The van der Waals surface area contributed by atoms with Crippen molar-refractivity contribution in [2.45, 2.75) is 6.54 Å². The molecule has 2 aromatic carbocycles. The quantitative estimate of drug-likeness (QED) is 0.747. The zero-order valence-electron chi connectivity index (χ0n) is 10.1. The molecule has 0 fully saturated rings. The SMILES string of the molecule is N#Cc1ccc(NCc2ncn[nH]2)c2ccccc12. The molecular formula is C14H11N5. The van der Waals surface area contributed by atoms with Crippen molar-refractivity contribution in [1.29, 1.82) is 5.26 Å². The Kier molecular flexibility index (Phi) is 2.83. The number of fused-ring (bicyclic) bond motifs is 1. The van der Waals surface area contributed by atoms with E-state index in [1.165, 1.54) is 6.33 Å². The van der Waals surface area contributed by atoms with Crippen LogP contribution in [0.5, 0.6) is 0 Å². The number of rotatable bonds is 3. The summed E-state index contributed by atoms with van der Waals surface area (Å²) in [7, 11) is 0. The lowest BCUT2D eigenvalue weighted by molar-refractivity contribution is 0.956. The van der Waals surface area contributed by atoms with Crippen molar-refractivity contribution in [3.63, 3.8) is 0 Å². The fourth-order valence-corrected chi connectivity index (χ4v) is 2.05. The Bertz CT molecular complexity index is 740. The molecule has 3 aromatic rings. The first-order valence-corrected chi connectivity index (χ1v) is 5.88. The van der Waals surface area contributed by atoms with Crippen LogP contribution in [0.3, 0.4) is 0 Å². The molecule has 0 bridgehead atoms. The lowest BCUT2D eigenvalue weighted by Crippen LogP contribution is -2.02. The van der Waals surface area contributed by atoms with E-state index in [4.69, 9.17) is 5.26 Å². The van der Waals surface area contributed by atoms with Crippen LogP contribution in [0, 0.1) is 11.3 Å². The molecule has 0 aliphatic rings. The number of aromatic nitrogens is 3. The van der Waals surface area contributed by atoms with E-state index in [0.29, 0.717) is 12.1 Å². The molecule has 0 radical (unpaired) electrons. The molecule has 2 N–H and O–H groups in total. The maximum Gasteiger partial charge on any atom is 0.143 e. The fourth-order valence-electron chi connectivity index (χ4n) is 2.05. The van der Waals surface area contributed by atoms with E-state index < -0.39 is 0 Å². The average molecular weight is 249 g/mol. The number of hydrogen-bond acceptors (Lipinski definition) is 4. The Labute approximate surface area is 109 Å².